The number of nitrogens with two attached hydrogens (primary N) is 1. The van der Waals surface area contributed by atoms with Crippen molar-refractivity contribution in [3.63, 3.8) is 0 Å². The Kier molecular flexibility index (Phi) is 9.05. The molecule has 1 aromatic carbocycles. The average Bonchev–Trinajstić information content (AvgIpc) is 3.42. The first-order valence-electron chi connectivity index (χ1n) is 11.4. The second-order valence-corrected chi connectivity index (χ2v) is 11.9. The topological polar surface area (TPSA) is 164 Å². The van der Waals surface area contributed by atoms with Gasteiger partial charge >= 0.3 is 7.82 Å². The van der Waals surface area contributed by atoms with E-state index < -0.39 is 44.1 Å². The zero-order valence-corrected chi connectivity index (χ0v) is 22.4. The van der Waals surface area contributed by atoms with E-state index in [-0.39, 0.29) is 25.4 Å². The smallest absolute Gasteiger partial charge is 0.350 e. The number of rotatable bonds is 9. The van der Waals surface area contributed by atoms with Crippen LogP contribution in [0, 0.1) is 12.3 Å². The Morgan fingerprint density at radius 1 is 1.31 bits per heavy atom. The molecule has 0 bridgehead atoms. The zero-order chi connectivity index (χ0) is 26.7. The van der Waals surface area contributed by atoms with Gasteiger partial charge in [0.25, 0.3) is 0 Å². The van der Waals surface area contributed by atoms with E-state index in [1.165, 1.54) is 4.90 Å². The Labute approximate surface area is 214 Å². The highest BCUT2D eigenvalue weighted by atomic mass is 32.1. The van der Waals surface area contributed by atoms with Crippen LogP contribution in [0.5, 0.6) is 0 Å². The highest BCUT2D eigenvalue weighted by Crippen LogP contribution is 2.36. The third-order valence-electron chi connectivity index (χ3n) is 6.00. The summed E-state index contributed by atoms with van der Waals surface area (Å²) >= 11 is 1.56. The second kappa shape index (κ2) is 11.5. The Balaban J connectivity index is 1.66. The van der Waals surface area contributed by atoms with Crippen LogP contribution in [0.3, 0.4) is 0 Å². The van der Waals surface area contributed by atoms with E-state index in [1.54, 1.807) is 16.8 Å². The number of phosphoric ester groups is 1. The van der Waals surface area contributed by atoms with E-state index in [0.29, 0.717) is 0 Å². The van der Waals surface area contributed by atoms with E-state index >= 15 is 0 Å². The van der Waals surface area contributed by atoms with Gasteiger partial charge in [0.2, 0.25) is 11.8 Å². The quantitative estimate of drug-likeness (QED) is 0.276. The van der Waals surface area contributed by atoms with Crippen LogP contribution in [0.1, 0.15) is 38.4 Å². The highest BCUT2D eigenvalue weighted by molar-refractivity contribution is 7.46. The zero-order valence-electron chi connectivity index (χ0n) is 20.7. The Morgan fingerprint density at radius 2 is 1.97 bits per heavy atom. The summed E-state index contributed by atoms with van der Waals surface area (Å²) in [6.07, 6.45) is -0.506. The summed E-state index contributed by atoms with van der Waals surface area (Å²) < 4.78 is 20.7. The Morgan fingerprint density at radius 3 is 2.53 bits per heavy atom. The van der Waals surface area contributed by atoms with E-state index in [0.717, 1.165) is 21.7 Å². The Hall–Kier alpha value is -2.18. The third kappa shape index (κ3) is 7.42. The van der Waals surface area contributed by atoms with E-state index in [4.69, 9.17) is 20.3 Å². The van der Waals surface area contributed by atoms with Gasteiger partial charge in [0, 0.05) is 19.5 Å². The van der Waals surface area contributed by atoms with Crippen LogP contribution in [-0.2, 0) is 30.0 Å². The number of thiazole rings is 1. The van der Waals surface area contributed by atoms with Crippen LogP contribution in [0.15, 0.2) is 29.8 Å². The van der Waals surface area contributed by atoms with Crippen molar-refractivity contribution in [2.75, 3.05) is 13.3 Å². The molecule has 11 nitrogen and oxygen atoms in total. The fourth-order valence-corrected chi connectivity index (χ4v) is 4.82. The van der Waals surface area contributed by atoms with Gasteiger partial charge in [0.05, 0.1) is 28.2 Å². The largest absolute Gasteiger partial charge is 0.471 e. The number of nitrogens with zero attached hydrogens (tertiary/aromatic N) is 2. The molecule has 0 aliphatic carbocycles. The molecule has 2 amide bonds. The molecular formula is C23H33N4O7PS. The molecule has 1 fully saturated rings. The van der Waals surface area contributed by atoms with E-state index in [9.17, 15) is 14.2 Å². The predicted octanol–water partition coefficient (Wildman–Crippen LogP) is 2.16. The number of nitrogens with one attached hydrogen (secondary N) is 1. The van der Waals surface area contributed by atoms with Gasteiger partial charge in [-0.15, -0.1) is 11.3 Å². The minimum Gasteiger partial charge on any atom is -0.350 e. The molecule has 1 aromatic heterocycles. The molecule has 2 heterocycles. The molecule has 1 saturated heterocycles. The van der Waals surface area contributed by atoms with Crippen molar-refractivity contribution in [1.29, 1.82) is 0 Å². The molecular weight excluding hydrogens is 507 g/mol. The molecule has 198 valence electrons. The van der Waals surface area contributed by atoms with Crippen molar-refractivity contribution >= 4 is 31.0 Å². The minimum absolute atomic E-state index is 0.0497. The molecule has 2 aromatic rings. The van der Waals surface area contributed by atoms with Crippen molar-refractivity contribution in [3.8, 4) is 10.4 Å². The minimum atomic E-state index is -4.70. The number of phosphoric acid groups is 1. The van der Waals surface area contributed by atoms with Gasteiger partial charge in [-0.05, 0) is 23.5 Å². The number of benzene rings is 1. The molecule has 0 radical (unpaired) electrons. The second-order valence-electron chi connectivity index (χ2n) is 9.79. The predicted molar refractivity (Wildman–Crippen MR) is 135 cm³/mol. The number of ether oxygens (including phenoxy) is 1. The lowest BCUT2D eigenvalue weighted by molar-refractivity contribution is -0.141. The first-order valence-corrected chi connectivity index (χ1v) is 13.8. The number of carbonyl (C=O) groups excluding carboxylic acids is 2. The van der Waals surface area contributed by atoms with Gasteiger partial charge in [-0.2, -0.15) is 0 Å². The summed E-state index contributed by atoms with van der Waals surface area (Å²) in [6.45, 7) is 7.10. The molecule has 0 saturated carbocycles. The molecule has 5 N–H and O–H groups in total. The normalized spacial score (nSPS) is 19.4. The van der Waals surface area contributed by atoms with Crippen LogP contribution in [0.4, 0.5) is 0 Å². The summed E-state index contributed by atoms with van der Waals surface area (Å²) in [5.41, 5.74) is 10.3. The summed E-state index contributed by atoms with van der Waals surface area (Å²) in [5.74, 6) is -0.761. The molecule has 36 heavy (non-hydrogen) atoms. The molecule has 0 spiro atoms. The Bertz CT molecular complexity index is 1110. The fourth-order valence-electron chi connectivity index (χ4n) is 3.81. The number of hydrogen-bond donors (Lipinski definition) is 4. The van der Waals surface area contributed by atoms with Gasteiger partial charge in [-0.3, -0.25) is 14.1 Å². The van der Waals surface area contributed by atoms with Gasteiger partial charge in [-0.1, -0.05) is 45.0 Å². The third-order valence-corrected chi connectivity index (χ3v) is 7.42. The molecule has 1 aliphatic heterocycles. The molecule has 1 unspecified atom stereocenters. The first-order chi connectivity index (χ1) is 16.8. The lowest BCUT2D eigenvalue weighted by Gasteiger charge is -2.32. The average molecular weight is 541 g/mol. The number of aromatic nitrogens is 1. The lowest BCUT2D eigenvalue weighted by Crippen LogP contribution is -2.54. The highest BCUT2D eigenvalue weighted by Gasteiger charge is 2.43. The van der Waals surface area contributed by atoms with Gasteiger partial charge in [0.1, 0.15) is 6.04 Å². The number of likely N-dealkylation sites (tertiary alicyclic amines) is 1. The first kappa shape index (κ1) is 28.4. The van der Waals surface area contributed by atoms with Crippen molar-refractivity contribution in [3.05, 3.63) is 41.0 Å². The molecule has 13 heteroatoms. The van der Waals surface area contributed by atoms with Crippen molar-refractivity contribution in [2.45, 2.75) is 58.8 Å². The number of aryl methyl sites for hydroxylation is 1. The maximum atomic E-state index is 13.1. The maximum absolute atomic E-state index is 13.1. The summed E-state index contributed by atoms with van der Waals surface area (Å²) in [5, 5.41) is 2.88. The standard InChI is InChI=1S/C23H33N4O7PS/c1-14-19(36-12-26-14)16-7-5-15(6-8-16)10-25-21(28)18-9-17(33-13-34-35(30,31)32)11-27(18)22(29)20(24)23(2,3)4/h5-8,12,17-18,20H,9-11,13,24H2,1-4H3,(H,25,28)(H2,30,31,32)/t17-,18+,20?/m1/s1. The number of carbonyl (C=O) groups is 2. The van der Waals surface area contributed by atoms with Crippen molar-refractivity contribution in [1.82, 2.24) is 15.2 Å². The molecule has 3 atom stereocenters. The van der Waals surface area contributed by atoms with Gasteiger partial charge < -0.3 is 30.5 Å². The summed E-state index contributed by atoms with van der Waals surface area (Å²) in [4.78, 5) is 50.7. The van der Waals surface area contributed by atoms with Crippen molar-refractivity contribution in [2.24, 2.45) is 11.1 Å². The van der Waals surface area contributed by atoms with E-state index in [2.05, 4.69) is 14.8 Å². The van der Waals surface area contributed by atoms with E-state index in [1.807, 2.05) is 52.0 Å². The van der Waals surface area contributed by atoms with Gasteiger partial charge in [-0.25, -0.2) is 9.55 Å². The monoisotopic (exact) mass is 540 g/mol. The maximum Gasteiger partial charge on any atom is 0.471 e. The number of hydrogen-bond acceptors (Lipinski definition) is 8. The van der Waals surface area contributed by atoms with Crippen LogP contribution in [-0.4, -0.2) is 63.0 Å². The van der Waals surface area contributed by atoms with Crippen LogP contribution < -0.4 is 11.1 Å². The van der Waals surface area contributed by atoms with Crippen LogP contribution in [0.2, 0.25) is 0 Å². The fraction of sp³-hybridized carbons (Fsp3) is 0.522. The summed E-state index contributed by atoms with van der Waals surface area (Å²) in [7, 11) is -4.70. The van der Waals surface area contributed by atoms with Crippen molar-refractivity contribution < 1.29 is 33.2 Å². The van der Waals surface area contributed by atoms with Gasteiger partial charge in [0.15, 0.2) is 6.79 Å². The lowest BCUT2D eigenvalue weighted by atomic mass is 9.86. The SMILES string of the molecule is Cc1ncsc1-c1ccc(CNC(=O)[C@@H]2C[C@@H](OCOP(=O)(O)O)CN2C(=O)C(N)C(C)(C)C)cc1. The number of amides is 2. The molecule has 1 aliphatic rings. The molecule has 3 rings (SSSR count). The van der Waals surface area contributed by atoms with Crippen LogP contribution >= 0.6 is 19.2 Å². The summed E-state index contributed by atoms with van der Waals surface area (Å²) in [6, 6.07) is 6.10. The van der Waals surface area contributed by atoms with Crippen LogP contribution in [0.25, 0.3) is 10.4 Å².